The monoisotopic (exact) mass is 422 g/mol. The Labute approximate surface area is 185 Å². The van der Waals surface area contributed by atoms with Gasteiger partial charge in [0.1, 0.15) is 0 Å². The predicted octanol–water partition coefficient (Wildman–Crippen LogP) is 3.57. The molecule has 0 aromatic heterocycles. The average molecular weight is 423 g/mol. The first-order valence-electron chi connectivity index (χ1n) is 11.1. The van der Waals surface area contributed by atoms with Gasteiger partial charge in [0.15, 0.2) is 0 Å². The van der Waals surface area contributed by atoms with Gasteiger partial charge in [0, 0.05) is 44.5 Å². The van der Waals surface area contributed by atoms with Crippen molar-refractivity contribution in [2.24, 2.45) is 5.92 Å². The minimum atomic E-state index is -0.125. The molecule has 2 atom stereocenters. The van der Waals surface area contributed by atoms with Crippen molar-refractivity contribution in [3.8, 4) is 0 Å². The van der Waals surface area contributed by atoms with E-state index in [-0.39, 0.29) is 23.7 Å². The molecule has 6 nitrogen and oxygen atoms in total. The summed E-state index contributed by atoms with van der Waals surface area (Å²) in [5.41, 5.74) is 3.26. The average Bonchev–Trinajstić information content (AvgIpc) is 3.58. The summed E-state index contributed by atoms with van der Waals surface area (Å²) < 4.78 is 0. The Hall–Kier alpha value is -2.86. The second-order valence-corrected chi connectivity index (χ2v) is 8.26. The normalized spacial score (nSPS) is 17.3. The van der Waals surface area contributed by atoms with Crippen LogP contribution in [-0.4, -0.2) is 57.0 Å². The van der Waals surface area contributed by atoms with Gasteiger partial charge in [-0.2, -0.15) is 0 Å². The van der Waals surface area contributed by atoms with Crippen LogP contribution in [0.2, 0.25) is 0 Å². The van der Waals surface area contributed by atoms with Crippen molar-refractivity contribution >= 4 is 23.2 Å². The predicted molar refractivity (Wildman–Crippen MR) is 127 cm³/mol. The number of nitrogens with one attached hydrogen (secondary N) is 2. The summed E-state index contributed by atoms with van der Waals surface area (Å²) in [6, 6.07) is 15.7. The number of likely N-dealkylation sites (N-methyl/N-ethyl adjacent to an activating group) is 1. The third-order valence-electron chi connectivity index (χ3n) is 5.95. The fraction of sp³-hybridized carbons (Fsp3) is 0.440. The van der Waals surface area contributed by atoms with Gasteiger partial charge < -0.3 is 20.4 Å². The lowest BCUT2D eigenvalue weighted by Gasteiger charge is -2.20. The molecule has 0 radical (unpaired) electrons. The molecule has 166 valence electrons. The van der Waals surface area contributed by atoms with Crippen LogP contribution in [0.25, 0.3) is 0 Å². The molecule has 0 bridgehead atoms. The lowest BCUT2D eigenvalue weighted by Crippen LogP contribution is -2.35. The van der Waals surface area contributed by atoms with Crippen LogP contribution >= 0.6 is 0 Å². The quantitative estimate of drug-likeness (QED) is 0.614. The van der Waals surface area contributed by atoms with Gasteiger partial charge in [-0.25, -0.2) is 0 Å². The lowest BCUT2D eigenvalue weighted by atomic mass is 10.1. The van der Waals surface area contributed by atoms with Gasteiger partial charge in [-0.05, 0) is 49.2 Å². The molecule has 2 aromatic rings. The number of carbonyl (C=O) groups excluding carboxylic acids is 2. The number of carbonyl (C=O) groups is 2. The van der Waals surface area contributed by atoms with Gasteiger partial charge in [-0.3, -0.25) is 9.59 Å². The van der Waals surface area contributed by atoms with Gasteiger partial charge in [-0.1, -0.05) is 44.2 Å². The maximum absolute atomic E-state index is 12.9. The molecule has 0 aliphatic heterocycles. The Kier molecular flexibility index (Phi) is 7.69. The Bertz CT molecular complexity index is 894. The zero-order valence-corrected chi connectivity index (χ0v) is 19.0. The molecule has 2 N–H and O–H groups in total. The Morgan fingerprint density at radius 1 is 1.03 bits per heavy atom. The number of rotatable bonds is 10. The van der Waals surface area contributed by atoms with Crippen molar-refractivity contribution in [1.82, 2.24) is 10.2 Å². The van der Waals surface area contributed by atoms with Crippen LogP contribution in [0.5, 0.6) is 0 Å². The zero-order valence-electron chi connectivity index (χ0n) is 19.0. The molecule has 31 heavy (non-hydrogen) atoms. The maximum Gasteiger partial charge on any atom is 0.253 e. The SMILES string of the molecule is CCN(CC)CCNC(=O)c1cc(NC(=O)C2C[C@H]2c2ccccc2)ccc1N(C)C. The largest absolute Gasteiger partial charge is 0.377 e. The van der Waals surface area contributed by atoms with Crippen LogP contribution in [0.1, 0.15) is 42.1 Å². The van der Waals surface area contributed by atoms with E-state index in [2.05, 4.69) is 41.5 Å². The Morgan fingerprint density at radius 2 is 1.74 bits per heavy atom. The molecule has 6 heteroatoms. The summed E-state index contributed by atoms with van der Waals surface area (Å²) >= 11 is 0. The first-order chi connectivity index (χ1) is 14.9. The molecule has 2 amide bonds. The maximum atomic E-state index is 12.9. The van der Waals surface area contributed by atoms with Crippen molar-refractivity contribution in [3.05, 3.63) is 59.7 Å². The number of benzene rings is 2. The topological polar surface area (TPSA) is 64.7 Å². The van der Waals surface area contributed by atoms with Crippen LogP contribution in [0.4, 0.5) is 11.4 Å². The molecule has 3 rings (SSSR count). The molecule has 0 saturated heterocycles. The Morgan fingerprint density at radius 3 is 2.39 bits per heavy atom. The van der Waals surface area contributed by atoms with E-state index in [1.54, 1.807) is 6.07 Å². The van der Waals surface area contributed by atoms with E-state index >= 15 is 0 Å². The van der Waals surface area contributed by atoms with Gasteiger partial charge in [-0.15, -0.1) is 0 Å². The van der Waals surface area contributed by atoms with Gasteiger partial charge in [0.25, 0.3) is 5.91 Å². The third kappa shape index (κ3) is 5.85. The summed E-state index contributed by atoms with van der Waals surface area (Å²) in [5, 5.41) is 6.03. The molecular weight excluding hydrogens is 388 g/mol. The molecule has 1 aliphatic rings. The van der Waals surface area contributed by atoms with Crippen LogP contribution < -0.4 is 15.5 Å². The lowest BCUT2D eigenvalue weighted by molar-refractivity contribution is -0.117. The third-order valence-corrected chi connectivity index (χ3v) is 5.95. The van der Waals surface area contributed by atoms with Gasteiger partial charge in [0.05, 0.1) is 5.56 Å². The molecule has 1 aliphatic carbocycles. The molecule has 0 heterocycles. The molecule has 1 saturated carbocycles. The van der Waals surface area contributed by atoms with E-state index in [0.717, 1.165) is 31.7 Å². The van der Waals surface area contributed by atoms with E-state index in [1.165, 1.54) is 5.56 Å². The first kappa shape index (κ1) is 22.8. The smallest absolute Gasteiger partial charge is 0.253 e. The van der Waals surface area contributed by atoms with Crippen molar-refractivity contribution < 1.29 is 9.59 Å². The molecule has 2 aromatic carbocycles. The highest BCUT2D eigenvalue weighted by Gasteiger charge is 2.43. The van der Waals surface area contributed by atoms with Crippen LogP contribution in [0.3, 0.4) is 0 Å². The molecule has 1 unspecified atom stereocenters. The van der Waals surface area contributed by atoms with Crippen molar-refractivity contribution in [2.75, 3.05) is 50.5 Å². The summed E-state index contributed by atoms with van der Waals surface area (Å²) in [6.45, 7) is 7.55. The molecular formula is C25H34N4O2. The second kappa shape index (κ2) is 10.4. The fourth-order valence-electron chi connectivity index (χ4n) is 3.94. The molecule has 0 spiro atoms. The summed E-state index contributed by atoms with van der Waals surface area (Å²) in [4.78, 5) is 29.8. The number of anilines is 2. The van der Waals surface area contributed by atoms with E-state index in [9.17, 15) is 9.59 Å². The summed E-state index contributed by atoms with van der Waals surface area (Å²) in [7, 11) is 3.82. The van der Waals surface area contributed by atoms with Crippen LogP contribution in [0, 0.1) is 5.92 Å². The first-order valence-corrected chi connectivity index (χ1v) is 11.1. The van der Waals surface area contributed by atoms with Crippen molar-refractivity contribution in [2.45, 2.75) is 26.2 Å². The van der Waals surface area contributed by atoms with Crippen LogP contribution in [0.15, 0.2) is 48.5 Å². The van der Waals surface area contributed by atoms with Crippen molar-refractivity contribution in [1.29, 1.82) is 0 Å². The standard InChI is InChI=1S/C25H34N4O2/c1-5-29(6-2)15-14-26-24(30)22-16-19(12-13-23(22)28(3)4)27-25(31)21-17-20(21)18-10-8-7-9-11-18/h7-13,16,20-21H,5-6,14-15,17H2,1-4H3,(H,26,30)(H,27,31)/t20-,21?/m0/s1. The number of hydrogen-bond donors (Lipinski definition) is 2. The fourth-order valence-corrected chi connectivity index (χ4v) is 3.94. The summed E-state index contributed by atoms with van der Waals surface area (Å²) in [5.74, 6) is 0.159. The van der Waals surface area contributed by atoms with E-state index in [1.807, 2.05) is 49.3 Å². The van der Waals surface area contributed by atoms with E-state index < -0.39 is 0 Å². The minimum Gasteiger partial charge on any atom is -0.377 e. The highest BCUT2D eigenvalue weighted by Crippen LogP contribution is 2.47. The van der Waals surface area contributed by atoms with E-state index in [0.29, 0.717) is 17.8 Å². The summed E-state index contributed by atoms with van der Waals surface area (Å²) in [6.07, 6.45) is 0.865. The van der Waals surface area contributed by atoms with Gasteiger partial charge >= 0.3 is 0 Å². The number of nitrogens with zero attached hydrogens (tertiary/aromatic N) is 2. The highest BCUT2D eigenvalue weighted by molar-refractivity contribution is 6.02. The number of hydrogen-bond acceptors (Lipinski definition) is 4. The van der Waals surface area contributed by atoms with Crippen molar-refractivity contribution in [3.63, 3.8) is 0 Å². The zero-order chi connectivity index (χ0) is 22.4. The minimum absolute atomic E-state index is 0.0118. The molecule has 1 fully saturated rings. The highest BCUT2D eigenvalue weighted by atomic mass is 16.2. The van der Waals surface area contributed by atoms with E-state index in [4.69, 9.17) is 0 Å². The van der Waals surface area contributed by atoms with Crippen LogP contribution in [-0.2, 0) is 4.79 Å². The number of amides is 2. The van der Waals surface area contributed by atoms with Gasteiger partial charge in [0.2, 0.25) is 5.91 Å². The Balaban J connectivity index is 1.65. The second-order valence-electron chi connectivity index (χ2n) is 8.26.